The Morgan fingerprint density at radius 2 is 2.20 bits per heavy atom. The Kier molecular flexibility index (Phi) is 3.64. The van der Waals surface area contributed by atoms with E-state index in [0.29, 0.717) is 37.0 Å². The number of rotatable bonds is 5. The maximum atomic E-state index is 5.84. The molecule has 0 atom stereocenters. The Hall–Kier alpha value is -1.95. The highest BCUT2D eigenvalue weighted by Crippen LogP contribution is 2.15. The SMILES string of the molecule is Cc1noc(CCn2c(CCCl)nc3cccnc32)n1. The number of hydrogen-bond donors (Lipinski definition) is 0. The first kappa shape index (κ1) is 13.1. The second-order valence-electron chi connectivity index (χ2n) is 4.45. The first-order chi connectivity index (χ1) is 9.78. The van der Waals surface area contributed by atoms with Crippen LogP contribution in [0.4, 0.5) is 0 Å². The number of fused-ring (bicyclic) bond motifs is 1. The second-order valence-corrected chi connectivity index (χ2v) is 4.83. The second kappa shape index (κ2) is 5.58. The average molecular weight is 292 g/mol. The molecule has 0 aliphatic carbocycles. The van der Waals surface area contributed by atoms with Crippen molar-refractivity contribution in [3.63, 3.8) is 0 Å². The summed E-state index contributed by atoms with van der Waals surface area (Å²) in [5.74, 6) is 2.74. The van der Waals surface area contributed by atoms with Crippen LogP contribution in [-0.4, -0.2) is 30.6 Å². The highest BCUT2D eigenvalue weighted by Gasteiger charge is 2.12. The molecule has 0 aliphatic rings. The highest BCUT2D eigenvalue weighted by atomic mass is 35.5. The van der Waals surface area contributed by atoms with E-state index in [1.54, 1.807) is 13.1 Å². The van der Waals surface area contributed by atoms with Gasteiger partial charge < -0.3 is 9.09 Å². The molecule has 0 amide bonds. The molecule has 0 radical (unpaired) electrons. The van der Waals surface area contributed by atoms with E-state index in [4.69, 9.17) is 16.1 Å². The molecule has 0 unspecified atom stereocenters. The molecule has 104 valence electrons. The molecule has 0 spiro atoms. The van der Waals surface area contributed by atoms with Gasteiger partial charge in [-0.25, -0.2) is 9.97 Å². The van der Waals surface area contributed by atoms with E-state index < -0.39 is 0 Å². The van der Waals surface area contributed by atoms with Crippen LogP contribution in [0.5, 0.6) is 0 Å². The third kappa shape index (κ3) is 2.51. The largest absolute Gasteiger partial charge is 0.339 e. The predicted octanol–water partition coefficient (Wildman–Crippen LogP) is 2.15. The van der Waals surface area contributed by atoms with Gasteiger partial charge in [0.2, 0.25) is 5.89 Å². The molecule has 0 bridgehead atoms. The van der Waals surface area contributed by atoms with Crippen molar-refractivity contribution in [1.29, 1.82) is 0 Å². The molecule has 3 rings (SSSR count). The van der Waals surface area contributed by atoms with Gasteiger partial charge in [0.25, 0.3) is 0 Å². The lowest BCUT2D eigenvalue weighted by molar-refractivity contribution is 0.368. The number of halogens is 1. The Morgan fingerprint density at radius 1 is 1.30 bits per heavy atom. The van der Waals surface area contributed by atoms with Crippen molar-refractivity contribution in [3.05, 3.63) is 35.9 Å². The van der Waals surface area contributed by atoms with Gasteiger partial charge in [0, 0.05) is 31.5 Å². The first-order valence-corrected chi connectivity index (χ1v) is 6.96. The summed E-state index contributed by atoms with van der Waals surface area (Å²) in [7, 11) is 0. The van der Waals surface area contributed by atoms with Crippen LogP contribution < -0.4 is 0 Å². The molecule has 20 heavy (non-hydrogen) atoms. The van der Waals surface area contributed by atoms with Gasteiger partial charge >= 0.3 is 0 Å². The van der Waals surface area contributed by atoms with Crippen LogP contribution in [0.15, 0.2) is 22.9 Å². The number of imidazole rings is 1. The number of aryl methyl sites for hydroxylation is 4. The normalized spacial score (nSPS) is 11.3. The van der Waals surface area contributed by atoms with Crippen LogP contribution in [0, 0.1) is 6.92 Å². The average Bonchev–Trinajstić information content (AvgIpc) is 3.00. The van der Waals surface area contributed by atoms with E-state index in [-0.39, 0.29) is 0 Å². The van der Waals surface area contributed by atoms with Crippen LogP contribution in [0.2, 0.25) is 0 Å². The van der Waals surface area contributed by atoms with Crippen molar-refractivity contribution in [2.45, 2.75) is 26.3 Å². The molecule has 0 aromatic carbocycles. The van der Waals surface area contributed by atoms with Gasteiger partial charge in [0.1, 0.15) is 11.3 Å². The van der Waals surface area contributed by atoms with Gasteiger partial charge in [-0.1, -0.05) is 5.16 Å². The Bertz CT molecular complexity index is 720. The van der Waals surface area contributed by atoms with Crippen LogP contribution in [-0.2, 0) is 19.4 Å². The van der Waals surface area contributed by atoms with Crippen molar-refractivity contribution in [2.75, 3.05) is 5.88 Å². The number of alkyl halides is 1. The fourth-order valence-corrected chi connectivity index (χ4v) is 2.33. The Morgan fingerprint density at radius 3 is 2.95 bits per heavy atom. The van der Waals surface area contributed by atoms with E-state index in [2.05, 4.69) is 24.7 Å². The zero-order valence-electron chi connectivity index (χ0n) is 11.1. The van der Waals surface area contributed by atoms with Gasteiger partial charge in [-0.2, -0.15) is 4.98 Å². The zero-order valence-corrected chi connectivity index (χ0v) is 11.8. The summed E-state index contributed by atoms with van der Waals surface area (Å²) < 4.78 is 7.20. The van der Waals surface area contributed by atoms with E-state index in [0.717, 1.165) is 17.0 Å². The Balaban J connectivity index is 1.90. The van der Waals surface area contributed by atoms with Crippen molar-refractivity contribution >= 4 is 22.8 Å². The summed E-state index contributed by atoms with van der Waals surface area (Å²) in [6.07, 6.45) is 3.13. The highest BCUT2D eigenvalue weighted by molar-refractivity contribution is 6.17. The molecule has 3 heterocycles. The molecule has 7 heteroatoms. The van der Waals surface area contributed by atoms with Crippen LogP contribution in [0.25, 0.3) is 11.2 Å². The third-order valence-corrected chi connectivity index (χ3v) is 3.21. The molecular formula is C13H14ClN5O. The molecule has 0 saturated heterocycles. The lowest BCUT2D eigenvalue weighted by Gasteiger charge is -2.05. The standard InChI is InChI=1S/C13H14ClN5O/c1-9-16-12(20-18-9)5-8-19-11(4-6-14)17-10-3-2-7-15-13(10)19/h2-3,7H,4-6,8H2,1H3. The van der Waals surface area contributed by atoms with Gasteiger partial charge in [0.05, 0.1) is 0 Å². The molecule has 6 nitrogen and oxygen atoms in total. The monoisotopic (exact) mass is 291 g/mol. The molecule has 3 aromatic heterocycles. The van der Waals surface area contributed by atoms with E-state index in [1.165, 1.54) is 0 Å². The fraction of sp³-hybridized carbons (Fsp3) is 0.385. The molecule has 0 fully saturated rings. The summed E-state index contributed by atoms with van der Waals surface area (Å²) in [6.45, 7) is 2.50. The maximum absolute atomic E-state index is 5.84. The van der Waals surface area contributed by atoms with Crippen molar-refractivity contribution in [3.8, 4) is 0 Å². The Labute approximate surface area is 120 Å². The topological polar surface area (TPSA) is 69.6 Å². The summed E-state index contributed by atoms with van der Waals surface area (Å²) in [5.41, 5.74) is 1.75. The summed E-state index contributed by atoms with van der Waals surface area (Å²) in [5, 5.41) is 3.79. The predicted molar refractivity (Wildman–Crippen MR) is 74.7 cm³/mol. The van der Waals surface area contributed by atoms with Crippen molar-refractivity contribution in [2.24, 2.45) is 0 Å². The number of nitrogens with zero attached hydrogens (tertiary/aromatic N) is 5. The molecule has 3 aromatic rings. The van der Waals surface area contributed by atoms with Gasteiger partial charge in [-0.05, 0) is 19.1 Å². The summed E-state index contributed by atoms with van der Waals surface area (Å²) >= 11 is 5.84. The van der Waals surface area contributed by atoms with Crippen molar-refractivity contribution in [1.82, 2.24) is 24.7 Å². The summed E-state index contributed by atoms with van der Waals surface area (Å²) in [6, 6.07) is 3.83. The van der Waals surface area contributed by atoms with Crippen LogP contribution in [0.1, 0.15) is 17.5 Å². The lowest BCUT2D eigenvalue weighted by atomic mass is 10.3. The molecule has 0 aliphatic heterocycles. The molecule has 0 N–H and O–H groups in total. The minimum Gasteiger partial charge on any atom is -0.339 e. The summed E-state index contributed by atoms with van der Waals surface area (Å²) in [4.78, 5) is 13.2. The first-order valence-electron chi connectivity index (χ1n) is 6.43. The number of pyridine rings is 1. The van der Waals surface area contributed by atoms with E-state index in [1.807, 2.05) is 12.1 Å². The third-order valence-electron chi connectivity index (χ3n) is 3.02. The van der Waals surface area contributed by atoms with Crippen LogP contribution in [0.3, 0.4) is 0 Å². The lowest BCUT2D eigenvalue weighted by Crippen LogP contribution is -2.08. The van der Waals surface area contributed by atoms with Gasteiger partial charge in [-0.3, -0.25) is 0 Å². The number of aromatic nitrogens is 5. The molecule has 0 saturated carbocycles. The quantitative estimate of drug-likeness (QED) is 0.674. The smallest absolute Gasteiger partial charge is 0.228 e. The van der Waals surface area contributed by atoms with Crippen molar-refractivity contribution < 1.29 is 4.52 Å². The van der Waals surface area contributed by atoms with Gasteiger partial charge in [0.15, 0.2) is 11.5 Å². The van der Waals surface area contributed by atoms with E-state index in [9.17, 15) is 0 Å². The minimum atomic E-state index is 0.531. The fourth-order valence-electron chi connectivity index (χ4n) is 2.16. The zero-order chi connectivity index (χ0) is 13.9. The van der Waals surface area contributed by atoms with Crippen LogP contribution >= 0.6 is 11.6 Å². The minimum absolute atomic E-state index is 0.531. The molecular weight excluding hydrogens is 278 g/mol. The van der Waals surface area contributed by atoms with E-state index >= 15 is 0 Å². The maximum Gasteiger partial charge on any atom is 0.228 e. The number of hydrogen-bond acceptors (Lipinski definition) is 5. The van der Waals surface area contributed by atoms with Gasteiger partial charge in [-0.15, -0.1) is 11.6 Å².